The molecule has 144 valence electrons. The Bertz CT molecular complexity index is 919. The third-order valence-corrected chi connectivity index (χ3v) is 5.26. The van der Waals surface area contributed by atoms with Crippen LogP contribution in [0.25, 0.3) is 0 Å². The molecule has 4 rings (SSSR count). The van der Waals surface area contributed by atoms with Gasteiger partial charge in [-0.2, -0.15) is 0 Å². The lowest BCUT2D eigenvalue weighted by molar-refractivity contribution is 0.0785. The van der Waals surface area contributed by atoms with E-state index in [0.717, 1.165) is 11.1 Å². The van der Waals surface area contributed by atoms with E-state index in [4.69, 9.17) is 14.9 Å². The van der Waals surface area contributed by atoms with Crippen LogP contribution in [0.2, 0.25) is 0 Å². The molecule has 2 heterocycles. The van der Waals surface area contributed by atoms with Crippen molar-refractivity contribution in [3.63, 3.8) is 0 Å². The maximum absolute atomic E-state index is 12.5. The van der Waals surface area contributed by atoms with Gasteiger partial charge >= 0.3 is 12.1 Å². The molecule has 0 atom stereocenters. The monoisotopic (exact) mass is 378 g/mol. The van der Waals surface area contributed by atoms with Crippen LogP contribution in [0.4, 0.5) is 10.8 Å². The number of hydrogen-bond acceptors (Lipinski definition) is 6. The highest BCUT2D eigenvalue weighted by atomic mass is 16.6. The third-order valence-electron chi connectivity index (χ3n) is 5.26. The first-order valence-electron chi connectivity index (χ1n) is 9.28. The van der Waals surface area contributed by atoms with Gasteiger partial charge in [-0.15, -0.1) is 5.10 Å². The Morgan fingerprint density at radius 3 is 2.29 bits per heavy atom. The summed E-state index contributed by atoms with van der Waals surface area (Å²) in [5.41, 5.74) is 7.26. The quantitative estimate of drug-likeness (QED) is 0.748. The second-order valence-corrected chi connectivity index (χ2v) is 6.92. The molecule has 0 bridgehead atoms. The van der Waals surface area contributed by atoms with Crippen LogP contribution in [0.15, 0.2) is 65.1 Å². The van der Waals surface area contributed by atoms with Gasteiger partial charge in [0.15, 0.2) is 0 Å². The van der Waals surface area contributed by atoms with Gasteiger partial charge in [-0.1, -0.05) is 65.8 Å². The van der Waals surface area contributed by atoms with Crippen molar-refractivity contribution in [2.45, 2.75) is 24.9 Å². The van der Waals surface area contributed by atoms with E-state index < -0.39 is 5.41 Å². The van der Waals surface area contributed by atoms with Gasteiger partial charge in [0.1, 0.15) is 6.61 Å². The predicted octanol–water partition coefficient (Wildman–Crippen LogP) is 3.37. The third kappa shape index (κ3) is 3.55. The molecule has 1 aliphatic heterocycles. The molecule has 0 spiro atoms. The van der Waals surface area contributed by atoms with Crippen molar-refractivity contribution >= 4 is 12.1 Å². The zero-order chi connectivity index (χ0) is 19.4. The van der Waals surface area contributed by atoms with Crippen molar-refractivity contribution in [2.75, 3.05) is 18.8 Å². The first-order valence-corrected chi connectivity index (χ1v) is 9.28. The van der Waals surface area contributed by atoms with Crippen molar-refractivity contribution in [1.82, 2.24) is 15.1 Å². The summed E-state index contributed by atoms with van der Waals surface area (Å²) in [6.07, 6.45) is 0.994. The number of carbonyl (C=O) groups excluding carboxylic acids is 1. The van der Waals surface area contributed by atoms with Gasteiger partial charge < -0.3 is 19.8 Å². The van der Waals surface area contributed by atoms with Gasteiger partial charge in [0.2, 0.25) is 5.89 Å². The number of hydrogen-bond donors (Lipinski definition) is 1. The Morgan fingerprint density at radius 1 is 1.04 bits per heavy atom. The molecule has 3 aromatic rings. The first-order chi connectivity index (χ1) is 13.7. The Hall–Kier alpha value is -3.35. The Balaban J connectivity index is 1.47. The van der Waals surface area contributed by atoms with Gasteiger partial charge in [0.25, 0.3) is 0 Å². The molecular weight excluding hydrogens is 356 g/mol. The number of carbonyl (C=O) groups is 1. The van der Waals surface area contributed by atoms with E-state index in [1.807, 2.05) is 60.7 Å². The molecule has 0 unspecified atom stereocenters. The fourth-order valence-corrected chi connectivity index (χ4v) is 3.69. The number of likely N-dealkylation sites (tertiary alicyclic amines) is 1. The first kappa shape index (κ1) is 18.0. The number of nitrogen functional groups attached to an aromatic ring is 1. The standard InChI is InChI=1S/C21H22N4O3/c22-19-24-23-18(28-19)21(17-9-5-2-6-10-17)11-13-25(14-12-21)20(26)27-15-16-7-3-1-4-8-16/h1-10H,11-15H2,(H2,22,24). The molecular formula is C21H22N4O3. The number of aromatic nitrogens is 2. The van der Waals surface area contributed by atoms with E-state index in [2.05, 4.69) is 10.2 Å². The Labute approximate surface area is 163 Å². The van der Waals surface area contributed by atoms with E-state index in [1.54, 1.807) is 4.90 Å². The van der Waals surface area contributed by atoms with Crippen LogP contribution in [0.1, 0.15) is 29.9 Å². The molecule has 1 amide bonds. The lowest BCUT2D eigenvalue weighted by atomic mass is 9.72. The summed E-state index contributed by atoms with van der Waals surface area (Å²) in [6.45, 7) is 1.33. The molecule has 1 aromatic heterocycles. The average Bonchev–Trinajstić information content (AvgIpc) is 3.20. The average molecular weight is 378 g/mol. The van der Waals surface area contributed by atoms with E-state index in [0.29, 0.717) is 31.8 Å². The minimum absolute atomic E-state index is 0.0509. The van der Waals surface area contributed by atoms with Crippen LogP contribution >= 0.6 is 0 Å². The van der Waals surface area contributed by atoms with Gasteiger partial charge in [-0.3, -0.25) is 0 Å². The maximum atomic E-state index is 12.5. The van der Waals surface area contributed by atoms with Crippen LogP contribution in [0.5, 0.6) is 0 Å². The van der Waals surface area contributed by atoms with Gasteiger partial charge in [-0.25, -0.2) is 4.79 Å². The van der Waals surface area contributed by atoms with Crippen molar-refractivity contribution < 1.29 is 13.9 Å². The van der Waals surface area contributed by atoms with Gasteiger partial charge in [-0.05, 0) is 24.0 Å². The number of nitrogens with zero attached hydrogens (tertiary/aromatic N) is 3. The topological polar surface area (TPSA) is 94.5 Å². The molecule has 7 heteroatoms. The van der Waals surface area contributed by atoms with E-state index in [-0.39, 0.29) is 18.7 Å². The summed E-state index contributed by atoms with van der Waals surface area (Å²) in [5, 5.41) is 7.99. The Kier molecular flexibility index (Phi) is 4.97. The Morgan fingerprint density at radius 2 is 1.68 bits per heavy atom. The van der Waals surface area contributed by atoms with E-state index >= 15 is 0 Å². The van der Waals surface area contributed by atoms with Crippen molar-refractivity contribution in [2.24, 2.45) is 0 Å². The number of rotatable bonds is 4. The highest BCUT2D eigenvalue weighted by Gasteiger charge is 2.43. The predicted molar refractivity (Wildman–Crippen MR) is 103 cm³/mol. The highest BCUT2D eigenvalue weighted by Crippen LogP contribution is 2.41. The number of anilines is 1. The largest absolute Gasteiger partial charge is 0.445 e. The molecule has 1 fully saturated rings. The molecule has 0 aliphatic carbocycles. The number of nitrogens with two attached hydrogens (primary N) is 1. The van der Waals surface area contributed by atoms with Crippen molar-refractivity contribution in [3.8, 4) is 0 Å². The smallest absolute Gasteiger partial charge is 0.410 e. The lowest BCUT2D eigenvalue weighted by Crippen LogP contribution is -2.46. The minimum Gasteiger partial charge on any atom is -0.445 e. The summed E-state index contributed by atoms with van der Waals surface area (Å²) in [7, 11) is 0. The molecule has 28 heavy (non-hydrogen) atoms. The molecule has 2 aromatic carbocycles. The SMILES string of the molecule is Nc1nnc(C2(c3ccccc3)CCN(C(=O)OCc3ccccc3)CC2)o1. The molecule has 2 N–H and O–H groups in total. The second-order valence-electron chi connectivity index (χ2n) is 6.92. The van der Waals surface area contributed by atoms with Crippen LogP contribution in [-0.2, 0) is 16.8 Å². The second kappa shape index (κ2) is 7.72. The molecule has 0 saturated carbocycles. The summed E-state index contributed by atoms with van der Waals surface area (Å²) in [5.74, 6) is 0.494. The van der Waals surface area contributed by atoms with E-state index in [1.165, 1.54) is 0 Å². The lowest BCUT2D eigenvalue weighted by Gasteiger charge is -2.39. The normalized spacial score (nSPS) is 15.9. The van der Waals surface area contributed by atoms with Crippen molar-refractivity contribution in [3.05, 3.63) is 77.7 Å². The maximum Gasteiger partial charge on any atom is 0.410 e. The summed E-state index contributed by atoms with van der Waals surface area (Å²) < 4.78 is 11.1. The van der Waals surface area contributed by atoms with Crippen LogP contribution in [0.3, 0.4) is 0 Å². The fraction of sp³-hybridized carbons (Fsp3) is 0.286. The van der Waals surface area contributed by atoms with Crippen LogP contribution in [0, 0.1) is 0 Å². The highest BCUT2D eigenvalue weighted by molar-refractivity contribution is 5.68. The van der Waals surface area contributed by atoms with Crippen LogP contribution in [-0.4, -0.2) is 34.3 Å². The zero-order valence-electron chi connectivity index (χ0n) is 15.5. The summed E-state index contributed by atoms with van der Waals surface area (Å²) in [6, 6.07) is 19.7. The van der Waals surface area contributed by atoms with Gasteiger partial charge in [0, 0.05) is 13.1 Å². The van der Waals surface area contributed by atoms with Gasteiger partial charge in [0.05, 0.1) is 5.41 Å². The fourth-order valence-electron chi connectivity index (χ4n) is 3.69. The minimum atomic E-state index is -0.456. The number of amides is 1. The zero-order valence-corrected chi connectivity index (χ0v) is 15.5. The summed E-state index contributed by atoms with van der Waals surface area (Å²) >= 11 is 0. The van der Waals surface area contributed by atoms with E-state index in [9.17, 15) is 4.79 Å². The number of benzene rings is 2. The van der Waals surface area contributed by atoms with Crippen molar-refractivity contribution in [1.29, 1.82) is 0 Å². The summed E-state index contributed by atoms with van der Waals surface area (Å²) in [4.78, 5) is 14.2. The molecule has 0 radical (unpaired) electrons. The molecule has 7 nitrogen and oxygen atoms in total. The number of piperidine rings is 1. The molecule has 1 aliphatic rings. The number of ether oxygens (including phenoxy) is 1. The molecule has 1 saturated heterocycles. The van der Waals surface area contributed by atoms with Crippen LogP contribution < -0.4 is 5.73 Å².